The van der Waals surface area contributed by atoms with Crippen LogP contribution >= 0.6 is 11.3 Å². The molecule has 1 saturated heterocycles. The highest BCUT2D eigenvalue weighted by Gasteiger charge is 2.34. The molecule has 214 valence electrons. The first-order valence-corrected chi connectivity index (χ1v) is 15.2. The molecule has 2 aliphatic rings. The summed E-state index contributed by atoms with van der Waals surface area (Å²) >= 11 is 1.14. The minimum atomic E-state index is -4.01. The number of nitrogens with one attached hydrogen (secondary N) is 1. The van der Waals surface area contributed by atoms with Crippen LogP contribution < -0.4 is 25.2 Å². The van der Waals surface area contributed by atoms with Crippen LogP contribution in [0.5, 0.6) is 11.5 Å². The van der Waals surface area contributed by atoms with E-state index >= 15 is 0 Å². The number of benzene rings is 1. The van der Waals surface area contributed by atoms with Crippen molar-refractivity contribution in [1.29, 1.82) is 0 Å². The Hall–Kier alpha value is -4.08. The van der Waals surface area contributed by atoms with Crippen LogP contribution in [0, 0.1) is 6.92 Å². The predicted molar refractivity (Wildman–Crippen MR) is 151 cm³/mol. The van der Waals surface area contributed by atoms with Gasteiger partial charge < -0.3 is 19.7 Å². The summed E-state index contributed by atoms with van der Waals surface area (Å²) in [6.45, 7) is 3.03. The molecule has 2 aliphatic heterocycles. The highest BCUT2D eigenvalue weighted by Crippen LogP contribution is 2.33. The number of aromatic nitrogens is 4. The standard InChI is InChI=1S/C26H27N7O6S2/c1-17-23(41(36,37)33-11-9-31(10-12-33)26-27-7-4-8-28-26)22-24(40-17)30-16-32(25(22)35)14-21(34)29-13-18-15-38-19-5-2-3-6-20(19)39-18/h2-8,16,18H,9-15H2,1H3,(H,29,34)/t18-/m0/s1. The molecule has 4 aromatic rings. The zero-order valence-corrected chi connectivity index (χ0v) is 23.7. The van der Waals surface area contributed by atoms with Crippen LogP contribution in [0.4, 0.5) is 5.95 Å². The molecule has 0 spiro atoms. The predicted octanol–water partition coefficient (Wildman–Crippen LogP) is 1.02. The number of sulfonamides is 1. The summed E-state index contributed by atoms with van der Waals surface area (Å²) in [4.78, 5) is 41.7. The van der Waals surface area contributed by atoms with E-state index in [1.54, 1.807) is 37.5 Å². The summed E-state index contributed by atoms with van der Waals surface area (Å²) in [6, 6.07) is 8.99. The van der Waals surface area contributed by atoms with Gasteiger partial charge in [0.2, 0.25) is 21.9 Å². The Balaban J connectivity index is 1.16. The van der Waals surface area contributed by atoms with Crippen LogP contribution in [-0.2, 0) is 21.4 Å². The third-order valence-electron chi connectivity index (χ3n) is 6.88. The van der Waals surface area contributed by atoms with Crippen LogP contribution in [0.3, 0.4) is 0 Å². The lowest BCUT2D eigenvalue weighted by Crippen LogP contribution is -2.49. The summed E-state index contributed by atoms with van der Waals surface area (Å²) in [5.41, 5.74) is -0.587. The zero-order valence-electron chi connectivity index (χ0n) is 22.1. The van der Waals surface area contributed by atoms with Gasteiger partial charge in [0.15, 0.2) is 11.5 Å². The fourth-order valence-electron chi connectivity index (χ4n) is 4.85. The molecule has 5 heterocycles. The van der Waals surface area contributed by atoms with E-state index in [1.807, 2.05) is 17.0 Å². The molecule has 1 aromatic carbocycles. The molecule has 41 heavy (non-hydrogen) atoms. The number of para-hydroxylation sites is 2. The maximum absolute atomic E-state index is 13.8. The Morgan fingerprint density at radius 1 is 1.07 bits per heavy atom. The zero-order chi connectivity index (χ0) is 28.6. The van der Waals surface area contributed by atoms with Gasteiger partial charge in [-0.1, -0.05) is 12.1 Å². The fourth-order valence-corrected chi connectivity index (χ4v) is 7.94. The van der Waals surface area contributed by atoms with Gasteiger partial charge in [0.1, 0.15) is 29.0 Å². The normalized spacial score (nSPS) is 17.5. The topological polar surface area (TPSA) is 149 Å². The Kier molecular flexibility index (Phi) is 7.32. The lowest BCUT2D eigenvalue weighted by atomic mass is 10.2. The number of hydrogen-bond donors (Lipinski definition) is 1. The lowest BCUT2D eigenvalue weighted by Gasteiger charge is -2.33. The third-order valence-corrected chi connectivity index (χ3v) is 10.1. The number of hydrogen-bond acceptors (Lipinski definition) is 11. The van der Waals surface area contributed by atoms with E-state index in [1.165, 1.54) is 10.6 Å². The van der Waals surface area contributed by atoms with Crippen molar-refractivity contribution in [3.8, 4) is 11.5 Å². The molecule has 1 N–H and O–H groups in total. The van der Waals surface area contributed by atoms with Crippen LogP contribution in [-0.4, -0.2) is 83.6 Å². The second kappa shape index (κ2) is 11.1. The Morgan fingerprint density at radius 2 is 1.80 bits per heavy atom. The van der Waals surface area contributed by atoms with Crippen molar-refractivity contribution >= 4 is 43.4 Å². The number of piperazine rings is 1. The number of thiophene rings is 1. The molecule has 15 heteroatoms. The van der Waals surface area contributed by atoms with Gasteiger partial charge in [-0.25, -0.2) is 23.4 Å². The van der Waals surface area contributed by atoms with E-state index in [-0.39, 0.29) is 43.1 Å². The molecule has 0 saturated carbocycles. The van der Waals surface area contributed by atoms with Gasteiger partial charge in [-0.2, -0.15) is 4.31 Å². The maximum atomic E-state index is 13.8. The quantitative estimate of drug-likeness (QED) is 0.327. The lowest BCUT2D eigenvalue weighted by molar-refractivity contribution is -0.122. The van der Waals surface area contributed by atoms with E-state index < -0.39 is 27.6 Å². The summed E-state index contributed by atoms with van der Waals surface area (Å²) < 4.78 is 41.6. The molecule has 0 unspecified atom stereocenters. The van der Waals surface area contributed by atoms with Crippen molar-refractivity contribution in [1.82, 2.24) is 29.1 Å². The van der Waals surface area contributed by atoms with Gasteiger partial charge >= 0.3 is 0 Å². The molecule has 0 radical (unpaired) electrons. The van der Waals surface area contributed by atoms with Gasteiger partial charge in [0.05, 0.1) is 18.3 Å². The van der Waals surface area contributed by atoms with E-state index in [0.29, 0.717) is 40.2 Å². The molecule has 0 bridgehead atoms. The number of fused-ring (bicyclic) bond motifs is 2. The van der Waals surface area contributed by atoms with Crippen molar-refractivity contribution in [2.24, 2.45) is 0 Å². The van der Waals surface area contributed by atoms with Crippen LogP contribution in [0.2, 0.25) is 0 Å². The number of carbonyl (C=O) groups is 1. The average molecular weight is 598 g/mol. The fraction of sp³-hybridized carbons (Fsp3) is 0.346. The number of carbonyl (C=O) groups excluding carboxylic acids is 1. The molecule has 13 nitrogen and oxygen atoms in total. The van der Waals surface area contributed by atoms with Crippen molar-refractivity contribution in [2.45, 2.75) is 24.5 Å². The number of amides is 1. The van der Waals surface area contributed by atoms with Crippen molar-refractivity contribution in [3.63, 3.8) is 0 Å². The SMILES string of the molecule is Cc1sc2ncn(CC(=O)NC[C@H]3COc4ccccc4O3)c(=O)c2c1S(=O)(=O)N1CCN(c2ncccn2)CC1. The largest absolute Gasteiger partial charge is 0.486 e. The number of anilines is 1. The number of aryl methyl sites for hydroxylation is 1. The number of rotatable bonds is 7. The Bertz CT molecular complexity index is 1750. The Labute approximate surface area is 239 Å². The molecular formula is C26H27N7O6S2. The molecule has 1 amide bonds. The van der Waals surface area contributed by atoms with E-state index in [4.69, 9.17) is 9.47 Å². The molecule has 6 rings (SSSR count). The molecule has 1 atom stereocenters. The minimum absolute atomic E-state index is 0.00255. The van der Waals surface area contributed by atoms with Crippen LogP contribution in [0.25, 0.3) is 10.2 Å². The highest BCUT2D eigenvalue weighted by molar-refractivity contribution is 7.89. The van der Waals surface area contributed by atoms with Crippen molar-refractivity contribution < 1.29 is 22.7 Å². The second-order valence-electron chi connectivity index (χ2n) is 9.59. The minimum Gasteiger partial charge on any atom is -0.486 e. The van der Waals surface area contributed by atoms with Crippen molar-refractivity contribution in [2.75, 3.05) is 44.2 Å². The summed E-state index contributed by atoms with van der Waals surface area (Å²) in [7, 11) is -4.01. The van der Waals surface area contributed by atoms with E-state index in [0.717, 1.165) is 15.9 Å². The maximum Gasteiger partial charge on any atom is 0.263 e. The summed E-state index contributed by atoms with van der Waals surface area (Å²) in [6.07, 6.45) is 4.16. The second-order valence-corrected chi connectivity index (χ2v) is 12.7. The third kappa shape index (κ3) is 5.35. The smallest absolute Gasteiger partial charge is 0.263 e. The van der Waals surface area contributed by atoms with Gasteiger partial charge in [-0.05, 0) is 25.1 Å². The Morgan fingerprint density at radius 3 is 2.56 bits per heavy atom. The van der Waals surface area contributed by atoms with E-state index in [9.17, 15) is 18.0 Å². The number of nitrogens with zero attached hydrogens (tertiary/aromatic N) is 6. The number of ether oxygens (including phenoxy) is 2. The summed E-state index contributed by atoms with van der Waals surface area (Å²) in [5, 5.41) is 2.75. The molecule has 1 fully saturated rings. The monoisotopic (exact) mass is 597 g/mol. The van der Waals surface area contributed by atoms with Crippen molar-refractivity contribution in [3.05, 3.63) is 64.3 Å². The first-order valence-electron chi connectivity index (χ1n) is 13.0. The van der Waals surface area contributed by atoms with Gasteiger partial charge in [0, 0.05) is 43.4 Å². The van der Waals surface area contributed by atoms with Crippen LogP contribution in [0.15, 0.2) is 58.7 Å². The average Bonchev–Trinajstić information content (AvgIpc) is 3.35. The summed E-state index contributed by atoms with van der Waals surface area (Å²) in [5.74, 6) is 1.34. The first-order chi connectivity index (χ1) is 19.8. The highest BCUT2D eigenvalue weighted by atomic mass is 32.2. The van der Waals surface area contributed by atoms with Gasteiger partial charge in [-0.15, -0.1) is 11.3 Å². The van der Waals surface area contributed by atoms with Crippen LogP contribution in [0.1, 0.15) is 4.88 Å². The molecule has 0 aliphatic carbocycles. The molecule has 3 aromatic heterocycles. The van der Waals surface area contributed by atoms with E-state index in [2.05, 4.69) is 20.3 Å². The first kappa shape index (κ1) is 27.1. The van der Waals surface area contributed by atoms with Gasteiger partial charge in [0.25, 0.3) is 5.56 Å². The molecular weight excluding hydrogens is 570 g/mol. The van der Waals surface area contributed by atoms with Gasteiger partial charge in [-0.3, -0.25) is 14.2 Å².